The van der Waals surface area contributed by atoms with Crippen LogP contribution in [0.4, 0.5) is 15.8 Å². The average Bonchev–Trinajstić information content (AvgIpc) is 2.89. The van der Waals surface area contributed by atoms with Crippen molar-refractivity contribution in [1.29, 1.82) is 0 Å². The lowest BCUT2D eigenvalue weighted by molar-refractivity contribution is 0.102. The molecule has 0 atom stereocenters. The quantitative estimate of drug-likeness (QED) is 0.814. The molecule has 5 nitrogen and oxygen atoms in total. The summed E-state index contributed by atoms with van der Waals surface area (Å²) in [6, 6.07) is 7.57. The summed E-state index contributed by atoms with van der Waals surface area (Å²) in [5.41, 5.74) is 6.40. The van der Waals surface area contributed by atoms with Crippen LogP contribution in [-0.4, -0.2) is 12.7 Å². The Hall–Kier alpha value is -2.28. The molecule has 0 unspecified atom stereocenters. The van der Waals surface area contributed by atoms with Crippen molar-refractivity contribution in [1.82, 2.24) is 0 Å². The molecule has 0 aromatic heterocycles. The van der Waals surface area contributed by atoms with Gasteiger partial charge in [0, 0.05) is 12.1 Å². The van der Waals surface area contributed by atoms with Crippen molar-refractivity contribution in [3.8, 4) is 11.5 Å². The van der Waals surface area contributed by atoms with Gasteiger partial charge in [0.05, 0.1) is 21.4 Å². The summed E-state index contributed by atoms with van der Waals surface area (Å²) >= 11 is 3.04. The summed E-state index contributed by atoms with van der Waals surface area (Å²) in [6.07, 6.45) is 0. The van der Waals surface area contributed by atoms with Crippen LogP contribution >= 0.6 is 15.9 Å². The van der Waals surface area contributed by atoms with Crippen LogP contribution in [0.5, 0.6) is 11.5 Å². The van der Waals surface area contributed by atoms with Crippen LogP contribution in [0.2, 0.25) is 0 Å². The van der Waals surface area contributed by atoms with Crippen LogP contribution in [0.15, 0.2) is 34.8 Å². The number of anilines is 2. The maximum absolute atomic E-state index is 13.9. The van der Waals surface area contributed by atoms with Gasteiger partial charge in [-0.2, -0.15) is 0 Å². The van der Waals surface area contributed by atoms with E-state index in [1.807, 2.05) is 0 Å². The third-order valence-electron chi connectivity index (χ3n) is 2.99. The van der Waals surface area contributed by atoms with Crippen LogP contribution in [0.25, 0.3) is 0 Å². The Morgan fingerprint density at radius 1 is 1.29 bits per heavy atom. The Morgan fingerprint density at radius 3 is 2.76 bits per heavy atom. The highest BCUT2D eigenvalue weighted by molar-refractivity contribution is 9.10. The lowest BCUT2D eigenvalue weighted by Crippen LogP contribution is -2.15. The number of fused-ring (bicyclic) bond motifs is 1. The van der Waals surface area contributed by atoms with Gasteiger partial charge in [0.25, 0.3) is 5.91 Å². The minimum absolute atomic E-state index is 0.0820. The Balaban J connectivity index is 1.90. The van der Waals surface area contributed by atoms with Gasteiger partial charge in [0.1, 0.15) is 5.82 Å². The van der Waals surface area contributed by atoms with Crippen molar-refractivity contribution in [3.05, 3.63) is 46.2 Å². The largest absolute Gasteiger partial charge is 0.454 e. The van der Waals surface area contributed by atoms with Gasteiger partial charge in [0.2, 0.25) is 6.79 Å². The maximum atomic E-state index is 13.9. The lowest BCUT2D eigenvalue weighted by Gasteiger charge is -2.10. The van der Waals surface area contributed by atoms with E-state index in [4.69, 9.17) is 15.2 Å². The molecule has 3 rings (SSSR count). The molecule has 2 aromatic carbocycles. The number of hydrogen-bond acceptors (Lipinski definition) is 4. The number of halogens is 2. The number of hydrogen-bond donors (Lipinski definition) is 2. The van der Waals surface area contributed by atoms with Crippen molar-refractivity contribution in [2.45, 2.75) is 0 Å². The summed E-state index contributed by atoms with van der Waals surface area (Å²) in [7, 11) is 0. The average molecular weight is 353 g/mol. The SMILES string of the molecule is Nc1cc2c(cc1NC(=O)c1cccc(Br)c1F)OCO2. The molecular formula is C14H10BrFN2O3. The van der Waals surface area contributed by atoms with E-state index in [2.05, 4.69) is 21.2 Å². The first-order valence-corrected chi connectivity index (χ1v) is 6.80. The monoisotopic (exact) mass is 352 g/mol. The van der Waals surface area contributed by atoms with E-state index in [0.29, 0.717) is 22.9 Å². The number of amides is 1. The number of benzene rings is 2. The lowest BCUT2D eigenvalue weighted by atomic mass is 10.2. The molecule has 2 aromatic rings. The van der Waals surface area contributed by atoms with Gasteiger partial charge in [-0.25, -0.2) is 4.39 Å². The number of carbonyl (C=O) groups is 1. The summed E-state index contributed by atoms with van der Waals surface area (Å²) in [5, 5.41) is 2.56. The van der Waals surface area contributed by atoms with Crippen LogP contribution in [0, 0.1) is 5.82 Å². The van der Waals surface area contributed by atoms with E-state index < -0.39 is 11.7 Å². The molecule has 21 heavy (non-hydrogen) atoms. The first-order chi connectivity index (χ1) is 10.1. The Bertz CT molecular complexity index is 736. The summed E-state index contributed by atoms with van der Waals surface area (Å²) < 4.78 is 24.5. The second-order valence-corrected chi connectivity index (χ2v) is 5.20. The highest BCUT2D eigenvalue weighted by atomic mass is 79.9. The van der Waals surface area contributed by atoms with Crippen molar-refractivity contribution in [3.63, 3.8) is 0 Å². The zero-order chi connectivity index (χ0) is 15.0. The number of carbonyl (C=O) groups excluding carboxylic acids is 1. The number of nitrogen functional groups attached to an aromatic ring is 1. The third kappa shape index (κ3) is 2.52. The molecule has 1 aliphatic heterocycles. The number of nitrogens with two attached hydrogens (primary N) is 1. The molecule has 0 aliphatic carbocycles. The highest BCUT2D eigenvalue weighted by Gasteiger charge is 2.19. The fraction of sp³-hybridized carbons (Fsp3) is 0.0714. The highest BCUT2D eigenvalue weighted by Crippen LogP contribution is 2.38. The predicted octanol–water partition coefficient (Wildman–Crippen LogP) is 3.15. The van der Waals surface area contributed by atoms with Gasteiger partial charge in [-0.1, -0.05) is 6.07 Å². The van der Waals surface area contributed by atoms with Crippen molar-refractivity contribution >= 4 is 33.2 Å². The van der Waals surface area contributed by atoms with Gasteiger partial charge in [-0.05, 0) is 28.1 Å². The molecule has 0 saturated heterocycles. The standard InChI is InChI=1S/C14H10BrFN2O3/c15-8-3-1-2-7(13(8)16)14(19)18-10-5-12-11(4-9(10)17)20-6-21-12/h1-5H,6,17H2,(H,18,19). The number of nitrogens with one attached hydrogen (secondary N) is 1. The molecule has 0 spiro atoms. The zero-order valence-electron chi connectivity index (χ0n) is 10.7. The molecule has 108 valence electrons. The molecule has 0 radical (unpaired) electrons. The molecular weight excluding hydrogens is 343 g/mol. The van der Waals surface area contributed by atoms with Crippen LogP contribution in [0.1, 0.15) is 10.4 Å². The van der Waals surface area contributed by atoms with E-state index in [-0.39, 0.29) is 16.8 Å². The van der Waals surface area contributed by atoms with Gasteiger partial charge in [-0.3, -0.25) is 4.79 Å². The van der Waals surface area contributed by atoms with Crippen LogP contribution < -0.4 is 20.5 Å². The normalized spacial score (nSPS) is 12.3. The molecule has 7 heteroatoms. The minimum Gasteiger partial charge on any atom is -0.454 e. The van der Waals surface area contributed by atoms with Gasteiger partial charge in [0.15, 0.2) is 11.5 Å². The topological polar surface area (TPSA) is 73.6 Å². The Labute approximate surface area is 128 Å². The smallest absolute Gasteiger partial charge is 0.258 e. The molecule has 1 amide bonds. The van der Waals surface area contributed by atoms with Crippen molar-refractivity contribution in [2.24, 2.45) is 0 Å². The first-order valence-electron chi connectivity index (χ1n) is 6.01. The molecule has 1 aliphatic rings. The number of ether oxygens (including phenoxy) is 2. The van der Waals surface area contributed by atoms with E-state index in [9.17, 15) is 9.18 Å². The molecule has 0 saturated carbocycles. The summed E-state index contributed by atoms with van der Waals surface area (Å²) in [6.45, 7) is 0.104. The summed E-state index contributed by atoms with van der Waals surface area (Å²) in [4.78, 5) is 12.1. The minimum atomic E-state index is -0.630. The van der Waals surface area contributed by atoms with Crippen LogP contribution in [0.3, 0.4) is 0 Å². The second-order valence-electron chi connectivity index (χ2n) is 4.35. The molecule has 0 bridgehead atoms. The van der Waals surface area contributed by atoms with E-state index in [1.54, 1.807) is 18.2 Å². The van der Waals surface area contributed by atoms with Crippen molar-refractivity contribution < 1.29 is 18.7 Å². The van der Waals surface area contributed by atoms with Gasteiger partial charge >= 0.3 is 0 Å². The molecule has 3 N–H and O–H groups in total. The fourth-order valence-electron chi connectivity index (χ4n) is 1.93. The zero-order valence-corrected chi connectivity index (χ0v) is 12.2. The van der Waals surface area contributed by atoms with Crippen molar-refractivity contribution in [2.75, 3.05) is 17.8 Å². The van der Waals surface area contributed by atoms with E-state index in [0.717, 1.165) is 0 Å². The summed E-state index contributed by atoms with van der Waals surface area (Å²) in [5.74, 6) is -0.234. The second kappa shape index (κ2) is 5.25. The third-order valence-corrected chi connectivity index (χ3v) is 3.60. The number of rotatable bonds is 2. The van der Waals surface area contributed by atoms with Crippen LogP contribution in [-0.2, 0) is 0 Å². The maximum Gasteiger partial charge on any atom is 0.258 e. The fourth-order valence-corrected chi connectivity index (χ4v) is 2.30. The van der Waals surface area contributed by atoms with Gasteiger partial charge in [-0.15, -0.1) is 0 Å². The molecule has 1 heterocycles. The first kappa shape index (κ1) is 13.7. The molecule has 0 fully saturated rings. The predicted molar refractivity (Wildman–Crippen MR) is 79.0 cm³/mol. The Morgan fingerprint density at radius 2 is 2.00 bits per heavy atom. The van der Waals surface area contributed by atoms with Gasteiger partial charge < -0.3 is 20.5 Å². The van der Waals surface area contributed by atoms with E-state index >= 15 is 0 Å². The van der Waals surface area contributed by atoms with E-state index in [1.165, 1.54) is 12.1 Å². The Kier molecular flexibility index (Phi) is 3.42.